The Bertz CT molecular complexity index is 839. The SMILES string of the molecule is NC(c1ccc2[nH]c(=O)oc2c1)c1ccc(F)cc1F. The normalized spacial score (nSPS) is 12.8. The van der Waals surface area contributed by atoms with Gasteiger partial charge in [-0.05, 0) is 23.8 Å². The second kappa shape index (κ2) is 4.57. The topological polar surface area (TPSA) is 72.0 Å². The molecule has 3 N–H and O–H groups in total. The van der Waals surface area contributed by atoms with Gasteiger partial charge in [-0.15, -0.1) is 0 Å². The second-order valence-corrected chi connectivity index (χ2v) is 4.41. The first-order valence-electron chi connectivity index (χ1n) is 5.88. The maximum absolute atomic E-state index is 13.7. The number of aromatic amines is 1. The van der Waals surface area contributed by atoms with Crippen molar-refractivity contribution in [2.24, 2.45) is 5.73 Å². The fraction of sp³-hybridized carbons (Fsp3) is 0.0714. The molecule has 1 aromatic heterocycles. The van der Waals surface area contributed by atoms with E-state index in [2.05, 4.69) is 4.98 Å². The Balaban J connectivity index is 2.06. The van der Waals surface area contributed by atoms with E-state index in [1.54, 1.807) is 18.2 Å². The molecule has 0 saturated heterocycles. The van der Waals surface area contributed by atoms with Gasteiger partial charge in [0.1, 0.15) is 11.6 Å². The fourth-order valence-electron chi connectivity index (χ4n) is 2.09. The molecule has 2 aromatic carbocycles. The van der Waals surface area contributed by atoms with E-state index in [0.717, 1.165) is 12.1 Å². The van der Waals surface area contributed by atoms with Crippen molar-refractivity contribution in [2.75, 3.05) is 0 Å². The van der Waals surface area contributed by atoms with E-state index < -0.39 is 23.4 Å². The largest absolute Gasteiger partial charge is 0.417 e. The van der Waals surface area contributed by atoms with Gasteiger partial charge < -0.3 is 10.2 Å². The minimum Gasteiger partial charge on any atom is -0.408 e. The minimum absolute atomic E-state index is 0.170. The van der Waals surface area contributed by atoms with Crippen molar-refractivity contribution in [3.8, 4) is 0 Å². The first kappa shape index (κ1) is 12.6. The van der Waals surface area contributed by atoms with Crippen molar-refractivity contribution in [2.45, 2.75) is 6.04 Å². The average Bonchev–Trinajstić information content (AvgIpc) is 2.77. The van der Waals surface area contributed by atoms with Crippen LogP contribution in [0.4, 0.5) is 8.78 Å². The van der Waals surface area contributed by atoms with Gasteiger partial charge in [-0.2, -0.15) is 0 Å². The molecule has 0 spiro atoms. The molecule has 0 aliphatic rings. The number of rotatable bonds is 2. The van der Waals surface area contributed by atoms with Crippen LogP contribution in [0, 0.1) is 11.6 Å². The highest BCUT2D eigenvalue weighted by atomic mass is 19.1. The zero-order chi connectivity index (χ0) is 14.3. The number of aromatic nitrogens is 1. The summed E-state index contributed by atoms with van der Waals surface area (Å²) >= 11 is 0. The third-order valence-electron chi connectivity index (χ3n) is 3.10. The Morgan fingerprint density at radius 3 is 2.70 bits per heavy atom. The predicted octanol–water partition coefficient (Wildman–Crippen LogP) is 2.45. The molecule has 0 bridgehead atoms. The summed E-state index contributed by atoms with van der Waals surface area (Å²) in [7, 11) is 0. The lowest BCUT2D eigenvalue weighted by Gasteiger charge is -2.13. The van der Waals surface area contributed by atoms with Gasteiger partial charge in [0.25, 0.3) is 0 Å². The highest BCUT2D eigenvalue weighted by molar-refractivity contribution is 5.73. The first-order chi connectivity index (χ1) is 9.54. The molecule has 6 heteroatoms. The van der Waals surface area contributed by atoms with Crippen molar-refractivity contribution in [1.29, 1.82) is 0 Å². The van der Waals surface area contributed by atoms with E-state index >= 15 is 0 Å². The van der Waals surface area contributed by atoms with Crippen LogP contribution in [-0.2, 0) is 0 Å². The molecule has 4 nitrogen and oxygen atoms in total. The van der Waals surface area contributed by atoms with Crippen LogP contribution in [0.25, 0.3) is 11.1 Å². The van der Waals surface area contributed by atoms with Crippen molar-refractivity contribution in [1.82, 2.24) is 4.98 Å². The molecule has 0 aliphatic carbocycles. The molecule has 0 amide bonds. The van der Waals surface area contributed by atoms with Crippen LogP contribution in [0.15, 0.2) is 45.6 Å². The van der Waals surface area contributed by atoms with Gasteiger partial charge in [0.2, 0.25) is 0 Å². The Labute approximate surface area is 111 Å². The molecule has 1 heterocycles. The maximum Gasteiger partial charge on any atom is 0.417 e. The first-order valence-corrected chi connectivity index (χ1v) is 5.88. The Morgan fingerprint density at radius 1 is 1.15 bits per heavy atom. The summed E-state index contributed by atoms with van der Waals surface area (Å²) < 4.78 is 31.5. The summed E-state index contributed by atoms with van der Waals surface area (Å²) in [6.07, 6.45) is 0. The van der Waals surface area contributed by atoms with Crippen LogP contribution < -0.4 is 11.5 Å². The van der Waals surface area contributed by atoms with Crippen LogP contribution in [-0.4, -0.2) is 4.98 Å². The number of nitrogens with two attached hydrogens (primary N) is 1. The number of halogens is 2. The number of oxazole rings is 1. The van der Waals surface area contributed by atoms with Gasteiger partial charge in [-0.1, -0.05) is 12.1 Å². The number of hydrogen-bond donors (Lipinski definition) is 2. The van der Waals surface area contributed by atoms with E-state index in [1.165, 1.54) is 6.07 Å². The number of nitrogens with one attached hydrogen (secondary N) is 1. The molecule has 1 atom stereocenters. The molecule has 0 radical (unpaired) electrons. The molecule has 0 fully saturated rings. The average molecular weight is 276 g/mol. The van der Waals surface area contributed by atoms with E-state index in [9.17, 15) is 13.6 Å². The summed E-state index contributed by atoms with van der Waals surface area (Å²) in [5, 5.41) is 0. The molecule has 3 rings (SSSR count). The summed E-state index contributed by atoms with van der Waals surface area (Å²) in [6, 6.07) is 7.28. The molecular weight excluding hydrogens is 266 g/mol. The maximum atomic E-state index is 13.7. The van der Waals surface area contributed by atoms with Gasteiger partial charge in [0, 0.05) is 11.6 Å². The third-order valence-corrected chi connectivity index (χ3v) is 3.10. The summed E-state index contributed by atoms with van der Waals surface area (Å²) in [6.45, 7) is 0. The van der Waals surface area contributed by atoms with E-state index in [0.29, 0.717) is 16.7 Å². The molecule has 1 unspecified atom stereocenters. The third kappa shape index (κ3) is 2.10. The van der Waals surface area contributed by atoms with Crippen molar-refractivity contribution >= 4 is 11.1 Å². The summed E-state index contributed by atoms with van der Waals surface area (Å²) in [5.74, 6) is -1.95. The van der Waals surface area contributed by atoms with E-state index in [1.807, 2.05) is 0 Å². The summed E-state index contributed by atoms with van der Waals surface area (Å²) in [5.41, 5.74) is 7.57. The highest BCUT2D eigenvalue weighted by Crippen LogP contribution is 2.25. The molecule has 0 saturated carbocycles. The van der Waals surface area contributed by atoms with Crippen molar-refractivity contribution in [3.63, 3.8) is 0 Å². The zero-order valence-corrected chi connectivity index (χ0v) is 10.2. The Hall–Kier alpha value is -2.47. The molecule has 102 valence electrons. The van der Waals surface area contributed by atoms with Crippen LogP contribution in [0.5, 0.6) is 0 Å². The molecule has 0 aliphatic heterocycles. The predicted molar refractivity (Wildman–Crippen MR) is 69.2 cm³/mol. The van der Waals surface area contributed by atoms with E-state index in [-0.39, 0.29) is 5.56 Å². The van der Waals surface area contributed by atoms with Gasteiger partial charge in [-0.25, -0.2) is 13.6 Å². The standard InChI is InChI=1S/C14H10F2N2O2/c15-8-2-3-9(10(16)6-8)13(17)7-1-4-11-12(5-7)20-14(19)18-11/h1-6,13H,17H2,(H,18,19). The Kier molecular flexibility index (Phi) is 2.87. The number of fused-ring (bicyclic) bond motifs is 1. The smallest absolute Gasteiger partial charge is 0.408 e. The fourth-order valence-corrected chi connectivity index (χ4v) is 2.09. The molecule has 20 heavy (non-hydrogen) atoms. The highest BCUT2D eigenvalue weighted by Gasteiger charge is 2.15. The van der Waals surface area contributed by atoms with Crippen LogP contribution in [0.1, 0.15) is 17.2 Å². The Morgan fingerprint density at radius 2 is 1.95 bits per heavy atom. The molecule has 3 aromatic rings. The van der Waals surface area contributed by atoms with Crippen molar-refractivity contribution in [3.05, 3.63) is 69.7 Å². The van der Waals surface area contributed by atoms with E-state index in [4.69, 9.17) is 10.2 Å². The quantitative estimate of drug-likeness (QED) is 0.755. The van der Waals surface area contributed by atoms with Crippen molar-refractivity contribution < 1.29 is 13.2 Å². The minimum atomic E-state index is -0.778. The zero-order valence-electron chi connectivity index (χ0n) is 10.2. The lowest BCUT2D eigenvalue weighted by Crippen LogP contribution is -2.13. The number of H-pyrrole nitrogens is 1. The molecular formula is C14H10F2N2O2. The lowest BCUT2D eigenvalue weighted by molar-refractivity contribution is 0.553. The van der Waals surface area contributed by atoms with Crippen LogP contribution >= 0.6 is 0 Å². The van der Waals surface area contributed by atoms with Crippen LogP contribution in [0.3, 0.4) is 0 Å². The lowest BCUT2D eigenvalue weighted by atomic mass is 9.99. The number of benzene rings is 2. The van der Waals surface area contributed by atoms with Gasteiger partial charge in [-0.3, -0.25) is 4.98 Å². The monoisotopic (exact) mass is 276 g/mol. The number of hydrogen-bond acceptors (Lipinski definition) is 3. The second-order valence-electron chi connectivity index (χ2n) is 4.41. The van der Waals surface area contributed by atoms with Gasteiger partial charge in [0.05, 0.1) is 11.6 Å². The summed E-state index contributed by atoms with van der Waals surface area (Å²) in [4.78, 5) is 13.6. The van der Waals surface area contributed by atoms with Crippen LogP contribution in [0.2, 0.25) is 0 Å². The van der Waals surface area contributed by atoms with Gasteiger partial charge >= 0.3 is 5.76 Å². The van der Waals surface area contributed by atoms with Gasteiger partial charge in [0.15, 0.2) is 5.58 Å².